The van der Waals surface area contributed by atoms with Crippen LogP contribution in [0.4, 0.5) is 5.95 Å². The summed E-state index contributed by atoms with van der Waals surface area (Å²) in [6.45, 7) is 4.36. The number of anilines is 1. The Kier molecular flexibility index (Phi) is 6.00. The van der Waals surface area contributed by atoms with Gasteiger partial charge < -0.3 is 9.30 Å². The summed E-state index contributed by atoms with van der Waals surface area (Å²) in [4.78, 5) is 17.2. The molecule has 0 aliphatic rings. The maximum absolute atomic E-state index is 12.9. The van der Waals surface area contributed by atoms with Crippen molar-refractivity contribution >= 4 is 43.9 Å². The number of nitrogens with zero attached hydrogens (tertiary/aromatic N) is 5. The maximum Gasteiger partial charge on any atom is 0.258 e. The van der Waals surface area contributed by atoms with Crippen LogP contribution in [0.2, 0.25) is 0 Å². The molecule has 11 heteroatoms. The lowest BCUT2D eigenvalue weighted by Crippen LogP contribution is -2.30. The van der Waals surface area contributed by atoms with Gasteiger partial charge in [-0.2, -0.15) is 9.29 Å². The van der Waals surface area contributed by atoms with Gasteiger partial charge in [0.1, 0.15) is 11.3 Å². The number of amides is 1. The second-order valence-corrected chi connectivity index (χ2v) is 9.26. The summed E-state index contributed by atoms with van der Waals surface area (Å²) >= 11 is 0. The number of ether oxygens (including phenoxy) is 1. The number of benzene rings is 2. The summed E-state index contributed by atoms with van der Waals surface area (Å²) in [6.07, 6.45) is 0. The third-order valence-corrected chi connectivity index (χ3v) is 7.54. The predicted molar refractivity (Wildman–Crippen MR) is 125 cm³/mol. The van der Waals surface area contributed by atoms with Gasteiger partial charge in [0.15, 0.2) is 5.65 Å². The van der Waals surface area contributed by atoms with Gasteiger partial charge in [-0.3, -0.25) is 10.1 Å². The first-order valence-electron chi connectivity index (χ1n) is 10.4. The SMILES string of the molecule is CCN(CC)S(=O)(=O)c1ccc2c(c1)c1nnc(NC(=O)c3ccc(OC)cc3)nc1n2C. The van der Waals surface area contributed by atoms with Crippen LogP contribution in [-0.2, 0) is 17.1 Å². The van der Waals surface area contributed by atoms with Crippen molar-refractivity contribution in [1.82, 2.24) is 24.1 Å². The topological polar surface area (TPSA) is 119 Å². The number of aryl methyl sites for hydroxylation is 1. The normalized spacial score (nSPS) is 11.9. The molecule has 0 fully saturated rings. The van der Waals surface area contributed by atoms with Gasteiger partial charge >= 0.3 is 0 Å². The molecule has 0 aliphatic carbocycles. The Bertz CT molecular complexity index is 1440. The molecule has 0 atom stereocenters. The largest absolute Gasteiger partial charge is 0.497 e. The maximum atomic E-state index is 12.9. The van der Waals surface area contributed by atoms with Crippen LogP contribution in [0.5, 0.6) is 5.75 Å². The molecule has 0 aliphatic heterocycles. The first-order valence-corrected chi connectivity index (χ1v) is 11.8. The van der Waals surface area contributed by atoms with E-state index in [0.29, 0.717) is 41.0 Å². The summed E-state index contributed by atoms with van der Waals surface area (Å²) < 4.78 is 34.2. The second kappa shape index (κ2) is 8.75. The Hall–Kier alpha value is -3.57. The van der Waals surface area contributed by atoms with E-state index < -0.39 is 10.0 Å². The molecule has 172 valence electrons. The van der Waals surface area contributed by atoms with Crippen LogP contribution >= 0.6 is 0 Å². The molecule has 4 aromatic rings. The Morgan fingerprint density at radius 1 is 1.09 bits per heavy atom. The third-order valence-electron chi connectivity index (χ3n) is 5.49. The first kappa shape index (κ1) is 22.6. The Balaban J connectivity index is 1.71. The molecule has 2 heterocycles. The number of hydrogen-bond donors (Lipinski definition) is 1. The molecule has 4 rings (SSSR count). The monoisotopic (exact) mass is 468 g/mol. The molecule has 1 amide bonds. The summed E-state index contributed by atoms with van der Waals surface area (Å²) in [5.74, 6) is 0.305. The molecule has 0 saturated carbocycles. The molecule has 0 spiro atoms. The van der Waals surface area contributed by atoms with E-state index in [1.807, 2.05) is 0 Å². The zero-order valence-electron chi connectivity index (χ0n) is 18.7. The molecule has 2 aromatic carbocycles. The van der Waals surface area contributed by atoms with E-state index in [9.17, 15) is 13.2 Å². The van der Waals surface area contributed by atoms with E-state index >= 15 is 0 Å². The first-order chi connectivity index (χ1) is 15.8. The fourth-order valence-electron chi connectivity index (χ4n) is 3.68. The van der Waals surface area contributed by atoms with Gasteiger partial charge in [0.25, 0.3) is 11.9 Å². The molecule has 10 nitrogen and oxygen atoms in total. The zero-order chi connectivity index (χ0) is 23.8. The smallest absolute Gasteiger partial charge is 0.258 e. The lowest BCUT2D eigenvalue weighted by molar-refractivity contribution is 0.102. The standard InChI is InChI=1S/C22H24N6O4S/c1-5-28(6-2)33(30,31)16-11-12-18-17(13-16)19-20(27(18)3)23-22(26-25-19)24-21(29)14-7-9-15(32-4)10-8-14/h7-13H,5-6H2,1-4H3,(H,23,24,26,29). The highest BCUT2D eigenvalue weighted by atomic mass is 32.2. The molecule has 33 heavy (non-hydrogen) atoms. The Morgan fingerprint density at radius 2 is 1.79 bits per heavy atom. The van der Waals surface area contributed by atoms with E-state index in [0.717, 1.165) is 5.52 Å². The van der Waals surface area contributed by atoms with Crippen molar-refractivity contribution in [3.63, 3.8) is 0 Å². The summed E-state index contributed by atoms with van der Waals surface area (Å²) in [5.41, 5.74) is 2.10. The average molecular weight is 469 g/mol. The molecule has 2 aromatic heterocycles. The van der Waals surface area contributed by atoms with Crippen LogP contribution in [0.25, 0.3) is 22.1 Å². The highest BCUT2D eigenvalue weighted by molar-refractivity contribution is 7.89. The number of carbonyl (C=O) groups excluding carboxylic acids is 1. The lowest BCUT2D eigenvalue weighted by atomic mass is 10.2. The quantitative estimate of drug-likeness (QED) is 0.443. The molecule has 0 bridgehead atoms. The van der Waals surface area contributed by atoms with E-state index in [1.54, 1.807) is 75.0 Å². The van der Waals surface area contributed by atoms with Gasteiger partial charge in [0.05, 0.1) is 17.5 Å². The van der Waals surface area contributed by atoms with Crippen molar-refractivity contribution < 1.29 is 17.9 Å². The number of nitrogens with one attached hydrogen (secondary N) is 1. The highest BCUT2D eigenvalue weighted by Gasteiger charge is 2.23. The predicted octanol–water partition coefficient (Wildman–Crippen LogP) is 2.81. The van der Waals surface area contributed by atoms with Crippen molar-refractivity contribution in [3.8, 4) is 5.75 Å². The molecule has 0 unspecified atom stereocenters. The number of fused-ring (bicyclic) bond motifs is 3. The van der Waals surface area contributed by atoms with Crippen LogP contribution in [0.15, 0.2) is 47.4 Å². The highest BCUT2D eigenvalue weighted by Crippen LogP contribution is 2.29. The van der Waals surface area contributed by atoms with Gasteiger partial charge in [-0.05, 0) is 42.5 Å². The summed E-state index contributed by atoms with van der Waals surface area (Å²) in [6, 6.07) is 11.5. The fraction of sp³-hybridized carbons (Fsp3) is 0.273. The molecule has 0 saturated heterocycles. The van der Waals surface area contributed by atoms with Crippen LogP contribution in [0, 0.1) is 0 Å². The number of carbonyl (C=O) groups is 1. The van der Waals surface area contributed by atoms with Gasteiger partial charge in [-0.15, -0.1) is 10.2 Å². The average Bonchev–Trinajstić information content (AvgIpc) is 3.10. The zero-order valence-corrected chi connectivity index (χ0v) is 19.5. The minimum atomic E-state index is -3.62. The van der Waals surface area contributed by atoms with Gasteiger partial charge in [-0.1, -0.05) is 13.8 Å². The van der Waals surface area contributed by atoms with Crippen LogP contribution in [0.3, 0.4) is 0 Å². The third kappa shape index (κ3) is 4.00. The summed E-state index contributed by atoms with van der Waals surface area (Å²) in [5, 5.41) is 11.5. The number of hydrogen-bond acceptors (Lipinski definition) is 7. The fourth-order valence-corrected chi connectivity index (χ4v) is 5.16. The van der Waals surface area contributed by atoms with E-state index in [2.05, 4.69) is 20.5 Å². The number of sulfonamides is 1. The van der Waals surface area contributed by atoms with Crippen molar-refractivity contribution in [2.45, 2.75) is 18.7 Å². The van der Waals surface area contributed by atoms with E-state index in [-0.39, 0.29) is 16.8 Å². The van der Waals surface area contributed by atoms with Crippen LogP contribution < -0.4 is 10.1 Å². The minimum Gasteiger partial charge on any atom is -0.497 e. The van der Waals surface area contributed by atoms with E-state index in [4.69, 9.17) is 4.74 Å². The number of methoxy groups -OCH3 is 1. The van der Waals surface area contributed by atoms with Crippen molar-refractivity contribution in [2.24, 2.45) is 7.05 Å². The lowest BCUT2D eigenvalue weighted by Gasteiger charge is -2.18. The van der Waals surface area contributed by atoms with Crippen LogP contribution in [-0.4, -0.2) is 58.6 Å². The summed E-state index contributed by atoms with van der Waals surface area (Å²) in [7, 11) is -0.272. The Morgan fingerprint density at radius 3 is 2.42 bits per heavy atom. The van der Waals surface area contributed by atoms with Crippen LogP contribution in [0.1, 0.15) is 24.2 Å². The van der Waals surface area contributed by atoms with Crippen molar-refractivity contribution in [3.05, 3.63) is 48.0 Å². The van der Waals surface area contributed by atoms with Gasteiger partial charge in [0.2, 0.25) is 10.0 Å². The van der Waals surface area contributed by atoms with Crippen molar-refractivity contribution in [1.29, 1.82) is 0 Å². The second-order valence-electron chi connectivity index (χ2n) is 7.32. The number of aromatic nitrogens is 4. The van der Waals surface area contributed by atoms with Gasteiger partial charge in [-0.25, -0.2) is 8.42 Å². The molecule has 1 N–H and O–H groups in total. The van der Waals surface area contributed by atoms with Gasteiger partial charge in [0, 0.05) is 31.1 Å². The minimum absolute atomic E-state index is 0.0465. The molecular formula is C22H24N6O4S. The molecule has 0 radical (unpaired) electrons. The number of rotatable bonds is 7. The Labute approximate surface area is 191 Å². The van der Waals surface area contributed by atoms with Crippen molar-refractivity contribution in [2.75, 3.05) is 25.5 Å². The van der Waals surface area contributed by atoms with E-state index in [1.165, 1.54) is 4.31 Å². The molecular weight excluding hydrogens is 444 g/mol.